The van der Waals surface area contributed by atoms with Crippen LogP contribution in [-0.4, -0.2) is 29.2 Å². The molecule has 2 rings (SSSR count). The molecule has 1 aliphatic rings. The normalized spacial score (nSPS) is 27.0. The molecule has 0 saturated carbocycles. The second kappa shape index (κ2) is 3.52. The van der Waals surface area contributed by atoms with E-state index in [1.165, 1.54) is 0 Å². The molecule has 0 radical (unpaired) electrons. The van der Waals surface area contributed by atoms with Crippen molar-refractivity contribution in [3.63, 3.8) is 0 Å². The van der Waals surface area contributed by atoms with Crippen LogP contribution in [0.1, 0.15) is 17.3 Å². The first-order chi connectivity index (χ1) is 6.70. The van der Waals surface area contributed by atoms with Crippen LogP contribution in [0, 0.1) is 0 Å². The number of ketones is 1. The van der Waals surface area contributed by atoms with Gasteiger partial charge in [0, 0.05) is 5.56 Å². The predicted molar refractivity (Wildman–Crippen MR) is 51.1 cm³/mol. The van der Waals surface area contributed by atoms with Crippen LogP contribution in [0.3, 0.4) is 0 Å². The average Bonchev–Trinajstić information content (AvgIpc) is 2.97. The van der Waals surface area contributed by atoms with Crippen LogP contribution in [0.25, 0.3) is 0 Å². The minimum atomic E-state index is -0.576. The Morgan fingerprint density at radius 3 is 2.57 bits per heavy atom. The lowest BCUT2D eigenvalue weighted by Gasteiger charge is -1.97. The van der Waals surface area contributed by atoms with Crippen LogP contribution < -0.4 is 0 Å². The molecular weight excluding hydrogens is 180 g/mol. The molecule has 3 heteroatoms. The second-order valence-electron chi connectivity index (χ2n) is 3.49. The van der Waals surface area contributed by atoms with E-state index in [4.69, 9.17) is 4.74 Å². The van der Waals surface area contributed by atoms with Crippen LogP contribution in [0.5, 0.6) is 0 Å². The van der Waals surface area contributed by atoms with Gasteiger partial charge in [0.2, 0.25) is 0 Å². The van der Waals surface area contributed by atoms with Gasteiger partial charge in [-0.1, -0.05) is 30.3 Å². The van der Waals surface area contributed by atoms with Crippen molar-refractivity contribution in [3.8, 4) is 0 Å². The third-order valence-electron chi connectivity index (χ3n) is 2.32. The van der Waals surface area contributed by atoms with Crippen molar-refractivity contribution < 1.29 is 14.6 Å². The molecule has 1 saturated heterocycles. The summed E-state index contributed by atoms with van der Waals surface area (Å²) < 4.78 is 5.10. The van der Waals surface area contributed by atoms with E-state index < -0.39 is 12.2 Å². The summed E-state index contributed by atoms with van der Waals surface area (Å²) >= 11 is 0. The molecule has 3 atom stereocenters. The van der Waals surface area contributed by atoms with Crippen molar-refractivity contribution in [2.45, 2.75) is 25.2 Å². The Labute approximate surface area is 82.3 Å². The molecule has 74 valence electrons. The number of aliphatic hydroxyl groups excluding tert-OH is 1. The lowest BCUT2D eigenvalue weighted by Crippen LogP contribution is -2.17. The van der Waals surface area contributed by atoms with Gasteiger partial charge in [-0.3, -0.25) is 4.79 Å². The van der Waals surface area contributed by atoms with Gasteiger partial charge in [0.15, 0.2) is 5.78 Å². The van der Waals surface area contributed by atoms with E-state index in [9.17, 15) is 9.90 Å². The van der Waals surface area contributed by atoms with Crippen molar-refractivity contribution in [1.82, 2.24) is 0 Å². The maximum atomic E-state index is 11.7. The summed E-state index contributed by atoms with van der Waals surface area (Å²) in [5, 5.41) is 9.18. The minimum absolute atomic E-state index is 0.0449. The van der Waals surface area contributed by atoms with Crippen molar-refractivity contribution in [1.29, 1.82) is 0 Å². The van der Waals surface area contributed by atoms with Crippen molar-refractivity contribution >= 4 is 5.78 Å². The highest BCUT2D eigenvalue weighted by Crippen LogP contribution is 2.28. The number of hydrogen-bond donors (Lipinski definition) is 1. The SMILES string of the molecule is C[C@H](O)[C@H]1O[C@@H]1C(=O)c1ccccc1. The molecule has 14 heavy (non-hydrogen) atoms. The Morgan fingerprint density at radius 2 is 2.07 bits per heavy atom. The molecule has 0 aliphatic carbocycles. The molecule has 1 aromatic carbocycles. The third kappa shape index (κ3) is 1.69. The fourth-order valence-electron chi connectivity index (χ4n) is 1.47. The van der Waals surface area contributed by atoms with Gasteiger partial charge in [0.05, 0.1) is 6.10 Å². The fourth-order valence-corrected chi connectivity index (χ4v) is 1.47. The van der Waals surface area contributed by atoms with Crippen molar-refractivity contribution in [2.24, 2.45) is 0 Å². The standard InChI is InChI=1S/C11H12O3/c1-7(12)10-11(14-10)9(13)8-5-3-2-4-6-8/h2-7,10-12H,1H3/t7-,10+,11+/m0/s1. The molecule has 1 N–H and O–H groups in total. The number of rotatable bonds is 3. The molecule has 0 unspecified atom stereocenters. The molecule has 0 bridgehead atoms. The molecule has 1 fully saturated rings. The fraction of sp³-hybridized carbons (Fsp3) is 0.364. The molecule has 0 spiro atoms. The zero-order chi connectivity index (χ0) is 10.1. The Bertz CT molecular complexity index is 332. The molecule has 0 amide bonds. The summed E-state index contributed by atoms with van der Waals surface area (Å²) in [5.74, 6) is -0.0449. The number of hydrogen-bond acceptors (Lipinski definition) is 3. The third-order valence-corrected chi connectivity index (χ3v) is 2.32. The number of epoxide rings is 1. The minimum Gasteiger partial charge on any atom is -0.391 e. The molecule has 3 nitrogen and oxygen atoms in total. The first-order valence-corrected chi connectivity index (χ1v) is 4.63. The highest BCUT2D eigenvalue weighted by molar-refractivity contribution is 6.01. The number of carbonyl (C=O) groups excluding carboxylic acids is 1. The van der Waals surface area contributed by atoms with Crippen LogP contribution in [-0.2, 0) is 4.74 Å². The molecule has 1 aromatic rings. The van der Waals surface area contributed by atoms with Gasteiger partial charge in [0.25, 0.3) is 0 Å². The van der Waals surface area contributed by atoms with Crippen molar-refractivity contribution in [2.75, 3.05) is 0 Å². The molecule has 1 heterocycles. The lowest BCUT2D eigenvalue weighted by atomic mass is 10.1. The van der Waals surface area contributed by atoms with E-state index in [1.807, 2.05) is 18.2 Å². The topological polar surface area (TPSA) is 49.8 Å². The first-order valence-electron chi connectivity index (χ1n) is 4.63. The smallest absolute Gasteiger partial charge is 0.194 e. The summed E-state index contributed by atoms with van der Waals surface area (Å²) in [6.07, 6.45) is -1.34. The Kier molecular flexibility index (Phi) is 2.35. The van der Waals surface area contributed by atoms with Crippen LogP contribution in [0.4, 0.5) is 0 Å². The van der Waals surface area contributed by atoms with Crippen molar-refractivity contribution in [3.05, 3.63) is 35.9 Å². The van der Waals surface area contributed by atoms with E-state index >= 15 is 0 Å². The second-order valence-corrected chi connectivity index (χ2v) is 3.49. The summed E-state index contributed by atoms with van der Waals surface area (Å²) in [7, 11) is 0. The number of Topliss-reactive ketones (excluding diaryl/α,β-unsaturated/α-hetero) is 1. The molecule has 0 aromatic heterocycles. The summed E-state index contributed by atoms with van der Waals surface area (Å²) in [4.78, 5) is 11.7. The summed E-state index contributed by atoms with van der Waals surface area (Å²) in [6, 6.07) is 8.99. The van der Waals surface area contributed by atoms with Gasteiger partial charge in [-0.2, -0.15) is 0 Å². The Morgan fingerprint density at radius 1 is 1.43 bits per heavy atom. The van der Waals surface area contributed by atoms with Crippen LogP contribution in [0.2, 0.25) is 0 Å². The molecular formula is C11H12O3. The average molecular weight is 192 g/mol. The monoisotopic (exact) mass is 192 g/mol. The Balaban J connectivity index is 2.05. The van der Waals surface area contributed by atoms with Gasteiger partial charge >= 0.3 is 0 Å². The number of carbonyl (C=O) groups is 1. The van der Waals surface area contributed by atoms with E-state index in [0.29, 0.717) is 5.56 Å². The van der Waals surface area contributed by atoms with E-state index in [-0.39, 0.29) is 11.9 Å². The number of ether oxygens (including phenoxy) is 1. The maximum absolute atomic E-state index is 11.7. The van der Waals surface area contributed by atoms with Gasteiger partial charge in [-0.15, -0.1) is 0 Å². The Hall–Kier alpha value is -1.19. The maximum Gasteiger partial charge on any atom is 0.194 e. The zero-order valence-electron chi connectivity index (χ0n) is 7.88. The van der Waals surface area contributed by atoms with Gasteiger partial charge < -0.3 is 9.84 Å². The van der Waals surface area contributed by atoms with E-state index in [1.54, 1.807) is 19.1 Å². The van der Waals surface area contributed by atoms with Crippen LogP contribution in [0.15, 0.2) is 30.3 Å². The zero-order valence-corrected chi connectivity index (χ0v) is 7.88. The first kappa shape index (κ1) is 9.37. The highest BCUT2D eigenvalue weighted by atomic mass is 16.6. The summed E-state index contributed by atoms with van der Waals surface area (Å²) in [6.45, 7) is 1.63. The molecule has 1 aliphatic heterocycles. The van der Waals surface area contributed by atoms with Gasteiger partial charge in [0.1, 0.15) is 12.2 Å². The van der Waals surface area contributed by atoms with E-state index in [2.05, 4.69) is 0 Å². The largest absolute Gasteiger partial charge is 0.391 e. The van der Waals surface area contributed by atoms with Gasteiger partial charge in [-0.25, -0.2) is 0 Å². The van der Waals surface area contributed by atoms with Gasteiger partial charge in [-0.05, 0) is 6.92 Å². The van der Waals surface area contributed by atoms with E-state index in [0.717, 1.165) is 0 Å². The summed E-state index contributed by atoms with van der Waals surface area (Å²) in [5.41, 5.74) is 0.639. The number of benzene rings is 1. The lowest BCUT2D eigenvalue weighted by molar-refractivity contribution is 0.0953. The quantitative estimate of drug-likeness (QED) is 0.574. The number of aliphatic hydroxyl groups is 1. The highest BCUT2D eigenvalue weighted by Gasteiger charge is 2.47. The van der Waals surface area contributed by atoms with Crippen LogP contribution >= 0.6 is 0 Å². The predicted octanol–water partition coefficient (Wildman–Crippen LogP) is 1.02.